The van der Waals surface area contributed by atoms with Gasteiger partial charge in [0.15, 0.2) is 44.5 Å². The van der Waals surface area contributed by atoms with Gasteiger partial charge in [-0.3, -0.25) is 0 Å². The molecule has 0 aliphatic heterocycles. The van der Waals surface area contributed by atoms with Gasteiger partial charge in [-0.2, -0.15) is 65.9 Å². The standard InChI is InChI=1S/C12H19NO2.C12H19NO.2C12H18O2.C11H17NO2.C10H14F3NO2.C10H14F3NO.2C10H13F3O2.C9H12F3NO2/c1-8-10(12(2,3)4)13-15-11(8)14-7-9-5-6-9;1-12(2,3)11-6-10(7-13-11)14-8-9-4-5-9;1-12(2,3)11-6-10(8-14-11)13-7-9-4-5-9;1-12(2,3)10-6-11(14-8-10)13-7-9-4-5-9;1-11(2,3)9-6-10(14-12-9)13-7-8-4-5-8;1-6-7(9(2,3)4)14-16-8(6)15-5-10(11,12)13;2*1-9(2,3)8-4-7(5-14-8)15-6-10(11,12)13;1-9(2,3)7-4-8(14-5-7)15-6-10(11,12)13;1-8(2,3)6-4-7(15-13-6)14-5-9(10,11)12/h9H,5-7H2,1-4H3;6-7,9,13H,4-5,8H2,1-3H3;2*6,8-9H,4-5,7H2,1-3H3;6,8H,4-5,7H2,1-3H3;5H2,1-4H3;4-5,14H,6H2,1-3H3;2*4-5H,6H2,1-3H3;4H,5H2,1-3H3. The van der Waals surface area contributed by atoms with Crippen LogP contribution in [0.2, 0.25) is 0 Å². The number of alkyl halides is 15. The summed E-state index contributed by atoms with van der Waals surface area (Å²) in [6, 6.07) is 13.9. The van der Waals surface area contributed by atoms with E-state index in [0.717, 1.165) is 108 Å². The van der Waals surface area contributed by atoms with Crippen molar-refractivity contribution >= 4 is 0 Å². The van der Waals surface area contributed by atoms with Crippen molar-refractivity contribution < 1.29 is 149 Å². The number of rotatable bonds is 25. The number of furan rings is 4. The minimum absolute atomic E-state index is 0.0226. The zero-order valence-electron chi connectivity index (χ0n) is 91.4. The molecule has 0 atom stereocenters. The van der Waals surface area contributed by atoms with Crippen LogP contribution in [0.5, 0.6) is 58.7 Å². The Morgan fingerprint density at radius 2 is 0.537 bits per heavy atom. The van der Waals surface area contributed by atoms with E-state index in [9.17, 15) is 65.9 Å². The Kier molecular flexibility index (Phi) is 43.7. The maximum Gasteiger partial charge on any atom is 0.422 e. The van der Waals surface area contributed by atoms with Crippen LogP contribution in [0.25, 0.3) is 0 Å². The van der Waals surface area contributed by atoms with Crippen molar-refractivity contribution in [1.82, 2.24) is 30.6 Å². The fraction of sp³-hybridized carbons (Fsp3) is 0.667. The molecule has 5 aliphatic carbocycles. The van der Waals surface area contributed by atoms with Crippen molar-refractivity contribution in [3.63, 3.8) is 0 Å². The highest BCUT2D eigenvalue weighted by molar-refractivity contribution is 5.34. The molecule has 5 saturated carbocycles. The molecule has 147 heavy (non-hydrogen) atoms. The first-order chi connectivity index (χ1) is 67.0. The Morgan fingerprint density at radius 3 is 0.823 bits per heavy atom. The van der Waals surface area contributed by atoms with E-state index in [-0.39, 0.29) is 83.5 Å². The predicted octanol–water partition coefficient (Wildman–Crippen LogP) is 32.1. The summed E-state index contributed by atoms with van der Waals surface area (Å²) in [6.07, 6.45) is 0.932. The van der Waals surface area contributed by atoms with Crippen molar-refractivity contribution in [2.24, 2.45) is 29.6 Å². The van der Waals surface area contributed by atoms with Gasteiger partial charge in [0.2, 0.25) is 0 Å². The van der Waals surface area contributed by atoms with Crippen LogP contribution >= 0.6 is 0 Å². The van der Waals surface area contributed by atoms with Crippen molar-refractivity contribution in [1.29, 1.82) is 0 Å². The summed E-state index contributed by atoms with van der Waals surface area (Å²) in [7, 11) is 0. The van der Waals surface area contributed by atoms with Crippen LogP contribution in [0, 0.1) is 43.4 Å². The molecule has 10 aromatic heterocycles. The number of H-pyrrole nitrogens is 2. The Labute approximate surface area is 854 Å². The van der Waals surface area contributed by atoms with E-state index >= 15 is 0 Å². The Bertz CT molecular complexity index is 4920. The van der Waals surface area contributed by atoms with Gasteiger partial charge in [-0.15, -0.1) is 0 Å². The van der Waals surface area contributed by atoms with E-state index in [1.807, 2.05) is 135 Å². The van der Waals surface area contributed by atoms with Gasteiger partial charge >= 0.3 is 54.7 Å². The number of halogens is 15. The third kappa shape index (κ3) is 51.0. The maximum atomic E-state index is 11.9. The van der Waals surface area contributed by atoms with E-state index in [4.69, 9.17) is 54.9 Å². The van der Waals surface area contributed by atoms with Crippen molar-refractivity contribution in [2.75, 3.05) is 66.1 Å². The third-order valence-corrected chi connectivity index (χ3v) is 21.9. The molecule has 0 spiro atoms. The molecule has 0 saturated heterocycles. The van der Waals surface area contributed by atoms with Gasteiger partial charge < -0.3 is 93.1 Å². The van der Waals surface area contributed by atoms with Crippen LogP contribution in [0.1, 0.15) is 340 Å². The lowest BCUT2D eigenvalue weighted by Gasteiger charge is -2.15. The van der Waals surface area contributed by atoms with Crippen LogP contribution in [0.3, 0.4) is 0 Å². The molecule has 0 bridgehead atoms. The van der Waals surface area contributed by atoms with E-state index in [2.05, 4.69) is 169 Å². The van der Waals surface area contributed by atoms with Gasteiger partial charge in [0.1, 0.15) is 35.5 Å². The zero-order valence-corrected chi connectivity index (χ0v) is 91.4. The smallest absolute Gasteiger partial charge is 0.422 e. The summed E-state index contributed by atoms with van der Waals surface area (Å²) in [5.74, 6) is 9.02. The average molecular weight is 2110 g/mol. The molecule has 5 aliphatic rings. The molecule has 24 nitrogen and oxygen atoms in total. The Balaban J connectivity index is 0.000000250. The fourth-order valence-electron chi connectivity index (χ4n) is 11.8. The molecule has 0 unspecified atom stereocenters. The molecular weight excluding hydrogens is 1950 g/mol. The number of ether oxygens (including phenoxy) is 10. The van der Waals surface area contributed by atoms with E-state index < -0.39 is 63.9 Å². The summed E-state index contributed by atoms with van der Waals surface area (Å²) < 4.78 is 268. The number of aromatic nitrogens is 6. The first kappa shape index (κ1) is 125. The first-order valence-electron chi connectivity index (χ1n) is 49.3. The highest BCUT2D eigenvalue weighted by Crippen LogP contribution is 2.41. The lowest BCUT2D eigenvalue weighted by molar-refractivity contribution is -0.157. The second kappa shape index (κ2) is 51.3. The molecule has 832 valence electrons. The third-order valence-electron chi connectivity index (χ3n) is 21.9. The topological polar surface area (TPSA) is 281 Å². The predicted molar refractivity (Wildman–Crippen MR) is 528 cm³/mol. The maximum absolute atomic E-state index is 11.9. The van der Waals surface area contributed by atoms with Crippen molar-refractivity contribution in [3.8, 4) is 58.7 Å². The number of nitrogens with one attached hydrogen (secondary N) is 2. The SMILES string of the molecule is CC(C)(C)c1cc(OCC(F)(F)F)c[nH]1.CC(C)(C)c1cc(OCC(F)(F)F)co1.CC(C)(C)c1cc(OCC(F)(F)F)on1.CC(C)(C)c1cc(OCC2CC2)c[nH]1.CC(C)(C)c1cc(OCC2CC2)co1.CC(C)(C)c1cc(OCC2CC2)on1.CC(C)(C)c1coc(OCC(F)(F)F)c1.CC(C)(C)c1coc(OCC2CC2)c1.Cc1c(C(C)(C)C)noc1OCC(F)(F)F.Cc1c(C(C)(C)C)noc1OCC1CC1. The molecule has 5 fully saturated rings. The highest BCUT2D eigenvalue weighted by atomic mass is 19.4. The second-order valence-corrected chi connectivity index (χ2v) is 47.8. The molecule has 15 rings (SSSR count). The molecule has 0 aromatic carbocycles. The molecule has 39 heteroatoms. The number of nitrogens with zero attached hydrogens (tertiary/aromatic N) is 4. The molecule has 10 heterocycles. The number of aromatic amines is 2. The number of hydrogen-bond donors (Lipinski definition) is 2. The lowest BCUT2D eigenvalue weighted by atomic mass is 9.89. The van der Waals surface area contributed by atoms with Gasteiger partial charge in [0.25, 0.3) is 11.9 Å². The molecule has 10 aromatic rings. The summed E-state index contributed by atoms with van der Waals surface area (Å²) in [5, 5.41) is 15.4. The van der Waals surface area contributed by atoms with E-state index in [0.29, 0.717) is 40.6 Å². The molecule has 2 N–H and O–H groups in total. The van der Waals surface area contributed by atoms with Crippen molar-refractivity contribution in [3.05, 3.63) is 154 Å². The van der Waals surface area contributed by atoms with Gasteiger partial charge in [-0.1, -0.05) is 228 Å². The monoisotopic (exact) mass is 2110 g/mol. The molecular formula is C108H157F15N6O18. The normalized spacial score (nSPS) is 14.9. The van der Waals surface area contributed by atoms with Crippen LogP contribution in [0.4, 0.5) is 65.9 Å². The quantitative estimate of drug-likeness (QED) is 0.0503. The van der Waals surface area contributed by atoms with Crippen molar-refractivity contribution in [2.45, 2.75) is 371 Å². The molecule has 0 radical (unpaired) electrons. The van der Waals surface area contributed by atoms with Gasteiger partial charge in [-0.05, 0) is 130 Å². The summed E-state index contributed by atoms with van der Waals surface area (Å²) in [5.41, 5.74) is 8.11. The Hall–Kier alpha value is -10.5. The first-order valence-corrected chi connectivity index (χ1v) is 49.3. The van der Waals surface area contributed by atoms with Gasteiger partial charge in [-0.25, -0.2) is 0 Å². The van der Waals surface area contributed by atoms with Gasteiger partial charge in [0.05, 0.1) is 79.5 Å². The van der Waals surface area contributed by atoms with E-state index in [1.165, 1.54) is 112 Å². The van der Waals surface area contributed by atoms with E-state index in [1.54, 1.807) is 25.5 Å². The van der Waals surface area contributed by atoms with Crippen LogP contribution in [0.15, 0.2) is 122 Å². The summed E-state index contributed by atoms with van der Waals surface area (Å²) in [4.78, 5) is 6.15. The zero-order chi connectivity index (χ0) is 111. The van der Waals surface area contributed by atoms with Crippen LogP contribution < -0.4 is 47.4 Å². The Morgan fingerprint density at radius 1 is 0.259 bits per heavy atom. The van der Waals surface area contributed by atoms with Crippen LogP contribution in [-0.4, -0.2) is 128 Å². The summed E-state index contributed by atoms with van der Waals surface area (Å²) in [6.45, 7) is 62.1. The minimum Gasteiger partial charge on any atom is -0.492 e. The second-order valence-electron chi connectivity index (χ2n) is 47.8. The van der Waals surface area contributed by atoms with Crippen LogP contribution in [-0.2, 0) is 54.1 Å². The molecule has 0 amide bonds. The minimum atomic E-state index is -4.37. The largest absolute Gasteiger partial charge is 0.492 e. The highest BCUT2D eigenvalue weighted by Gasteiger charge is 2.38. The number of hydrogen-bond acceptors (Lipinski definition) is 22. The average Bonchev–Trinajstić information content (AvgIpc) is 1.67. The summed E-state index contributed by atoms with van der Waals surface area (Å²) >= 11 is 0. The lowest BCUT2D eigenvalue weighted by Crippen LogP contribution is -2.19. The van der Waals surface area contributed by atoms with Gasteiger partial charge in [0, 0.05) is 116 Å². The fourth-order valence-corrected chi connectivity index (χ4v) is 11.8.